The lowest BCUT2D eigenvalue weighted by molar-refractivity contribution is -0.137. The van der Waals surface area contributed by atoms with E-state index in [1.807, 2.05) is 0 Å². The Labute approximate surface area is 116 Å². The monoisotopic (exact) mass is 342 g/mol. The molecule has 1 heterocycles. The van der Waals surface area contributed by atoms with E-state index in [1.54, 1.807) is 0 Å². The minimum absolute atomic E-state index is 0.0121. The molecular weight excluding hydrogens is 329 g/mol. The van der Waals surface area contributed by atoms with Gasteiger partial charge in [0.05, 0.1) is 11.7 Å². The molecule has 1 aromatic heterocycles. The van der Waals surface area contributed by atoms with Crippen LogP contribution in [0.1, 0.15) is 48.6 Å². The second-order valence-electron chi connectivity index (χ2n) is 4.67. The van der Waals surface area contributed by atoms with Crippen molar-refractivity contribution in [1.82, 2.24) is 0 Å². The molecule has 1 fully saturated rings. The molecule has 1 N–H and O–H groups in total. The van der Waals surface area contributed by atoms with Gasteiger partial charge in [-0.05, 0) is 34.7 Å². The van der Waals surface area contributed by atoms with E-state index >= 15 is 0 Å². The number of hydrogen-bond donors (Lipinski definition) is 1. The van der Waals surface area contributed by atoms with Crippen molar-refractivity contribution < 1.29 is 18.3 Å². The molecule has 0 aliphatic heterocycles. The molecule has 1 aliphatic carbocycles. The smallest absolute Gasteiger partial charge is 0.387 e. The maximum atomic E-state index is 12.7. The normalized spacial score (nSPS) is 20.1. The van der Waals surface area contributed by atoms with Crippen LogP contribution in [0.2, 0.25) is 0 Å². The summed E-state index contributed by atoms with van der Waals surface area (Å²) >= 11 is 3.97. The van der Waals surface area contributed by atoms with Crippen LogP contribution in [-0.4, -0.2) is 5.11 Å². The molecule has 102 valence electrons. The fourth-order valence-electron chi connectivity index (χ4n) is 2.41. The highest BCUT2D eigenvalue weighted by Gasteiger charge is 2.37. The van der Waals surface area contributed by atoms with Crippen LogP contribution < -0.4 is 0 Å². The lowest BCUT2D eigenvalue weighted by Crippen LogP contribution is -2.15. The maximum absolute atomic E-state index is 12.7. The Hall–Kier alpha value is -0.0700. The maximum Gasteiger partial charge on any atom is 0.418 e. The van der Waals surface area contributed by atoms with E-state index in [2.05, 4.69) is 15.9 Å². The molecule has 0 amide bonds. The Balaban J connectivity index is 2.20. The quantitative estimate of drug-likeness (QED) is 0.788. The standard InChI is InChI=1S/C12H14BrF3OS/c13-9-8(12(14,15)16)6-18-11(9)10(17)7-4-2-1-3-5-7/h6-7,10,17H,1-5H2. The zero-order valence-corrected chi connectivity index (χ0v) is 12.0. The zero-order chi connectivity index (χ0) is 13.3. The molecule has 1 atom stereocenters. The molecule has 6 heteroatoms. The summed E-state index contributed by atoms with van der Waals surface area (Å²) < 4.78 is 38.0. The van der Waals surface area contributed by atoms with Crippen LogP contribution in [-0.2, 0) is 6.18 Å². The summed E-state index contributed by atoms with van der Waals surface area (Å²) in [5.41, 5.74) is -0.683. The highest BCUT2D eigenvalue weighted by molar-refractivity contribution is 9.10. The van der Waals surface area contributed by atoms with E-state index in [0.29, 0.717) is 4.88 Å². The molecule has 0 aromatic carbocycles. The Bertz CT molecular complexity index is 410. The van der Waals surface area contributed by atoms with Crippen molar-refractivity contribution >= 4 is 27.3 Å². The van der Waals surface area contributed by atoms with Gasteiger partial charge in [-0.1, -0.05) is 19.3 Å². The second kappa shape index (κ2) is 5.51. The molecule has 1 aromatic rings. The number of hydrogen-bond acceptors (Lipinski definition) is 2. The van der Waals surface area contributed by atoms with Crippen molar-refractivity contribution in [3.05, 3.63) is 20.3 Å². The van der Waals surface area contributed by atoms with Crippen LogP contribution >= 0.6 is 27.3 Å². The molecule has 1 nitrogen and oxygen atoms in total. The third kappa shape index (κ3) is 2.91. The second-order valence-corrected chi connectivity index (χ2v) is 6.37. The lowest BCUT2D eigenvalue weighted by Gasteiger charge is -2.26. The zero-order valence-electron chi connectivity index (χ0n) is 9.63. The number of aliphatic hydroxyl groups excluding tert-OH is 1. The third-order valence-electron chi connectivity index (χ3n) is 3.43. The van der Waals surface area contributed by atoms with E-state index in [1.165, 1.54) is 0 Å². The van der Waals surface area contributed by atoms with Gasteiger partial charge < -0.3 is 5.11 Å². The first kappa shape index (κ1) is 14.3. The Morgan fingerprint density at radius 3 is 2.39 bits per heavy atom. The molecule has 2 rings (SSSR count). The van der Waals surface area contributed by atoms with Gasteiger partial charge in [0.2, 0.25) is 0 Å². The Morgan fingerprint density at radius 1 is 1.28 bits per heavy atom. The predicted octanol–water partition coefficient (Wildman–Crippen LogP) is 5.14. The van der Waals surface area contributed by atoms with E-state index in [9.17, 15) is 18.3 Å². The summed E-state index contributed by atoms with van der Waals surface area (Å²) in [5.74, 6) is 0.0924. The Kier molecular flexibility index (Phi) is 4.39. The molecule has 0 saturated heterocycles. The number of thiophene rings is 1. The molecule has 0 radical (unpaired) electrons. The van der Waals surface area contributed by atoms with Gasteiger partial charge in [-0.25, -0.2) is 0 Å². The number of rotatable bonds is 2. The summed E-state index contributed by atoms with van der Waals surface area (Å²) in [7, 11) is 0. The van der Waals surface area contributed by atoms with Crippen LogP contribution in [0.25, 0.3) is 0 Å². The van der Waals surface area contributed by atoms with Crippen LogP contribution in [0.5, 0.6) is 0 Å². The number of aliphatic hydroxyl groups is 1. The van der Waals surface area contributed by atoms with Crippen LogP contribution in [0.4, 0.5) is 13.2 Å². The van der Waals surface area contributed by atoms with Gasteiger partial charge >= 0.3 is 6.18 Å². The van der Waals surface area contributed by atoms with Gasteiger partial charge in [0.15, 0.2) is 0 Å². The molecule has 0 spiro atoms. The summed E-state index contributed by atoms with van der Waals surface area (Å²) in [6.07, 6.45) is -0.0867. The van der Waals surface area contributed by atoms with Crippen LogP contribution in [0.3, 0.4) is 0 Å². The first-order chi connectivity index (χ1) is 8.41. The molecular formula is C12H14BrF3OS. The van der Waals surface area contributed by atoms with E-state index in [0.717, 1.165) is 48.8 Å². The topological polar surface area (TPSA) is 20.2 Å². The van der Waals surface area contributed by atoms with Gasteiger partial charge in [0, 0.05) is 14.7 Å². The van der Waals surface area contributed by atoms with Crippen molar-refractivity contribution in [1.29, 1.82) is 0 Å². The molecule has 1 saturated carbocycles. The molecule has 1 unspecified atom stereocenters. The fourth-order valence-corrected chi connectivity index (χ4v) is 4.46. The number of alkyl halides is 3. The van der Waals surface area contributed by atoms with E-state index in [-0.39, 0.29) is 10.4 Å². The SMILES string of the molecule is OC(c1scc(C(F)(F)F)c1Br)C1CCCCC1. The summed E-state index contributed by atoms with van der Waals surface area (Å²) in [6, 6.07) is 0. The van der Waals surface area contributed by atoms with E-state index in [4.69, 9.17) is 0 Å². The molecule has 18 heavy (non-hydrogen) atoms. The van der Waals surface area contributed by atoms with Gasteiger partial charge in [0.1, 0.15) is 0 Å². The minimum Gasteiger partial charge on any atom is -0.387 e. The Morgan fingerprint density at radius 2 is 1.89 bits per heavy atom. The summed E-state index contributed by atoms with van der Waals surface area (Å²) in [5, 5.41) is 11.3. The summed E-state index contributed by atoms with van der Waals surface area (Å²) in [4.78, 5) is 0.411. The lowest BCUT2D eigenvalue weighted by atomic mass is 9.85. The average molecular weight is 343 g/mol. The van der Waals surface area contributed by atoms with Crippen LogP contribution in [0, 0.1) is 5.92 Å². The molecule has 0 bridgehead atoms. The van der Waals surface area contributed by atoms with Crippen molar-refractivity contribution in [2.45, 2.75) is 44.4 Å². The molecule has 1 aliphatic rings. The first-order valence-corrected chi connectivity index (χ1v) is 7.60. The third-order valence-corrected chi connectivity index (χ3v) is 5.60. The summed E-state index contributed by atoms with van der Waals surface area (Å²) in [6.45, 7) is 0. The average Bonchev–Trinajstić information content (AvgIpc) is 2.71. The highest BCUT2D eigenvalue weighted by atomic mass is 79.9. The first-order valence-electron chi connectivity index (χ1n) is 5.93. The van der Waals surface area contributed by atoms with Crippen LogP contribution in [0.15, 0.2) is 9.85 Å². The predicted molar refractivity (Wildman–Crippen MR) is 68.6 cm³/mol. The minimum atomic E-state index is -4.36. The highest BCUT2D eigenvalue weighted by Crippen LogP contribution is 2.45. The largest absolute Gasteiger partial charge is 0.418 e. The fraction of sp³-hybridized carbons (Fsp3) is 0.667. The van der Waals surface area contributed by atoms with Gasteiger partial charge in [-0.2, -0.15) is 13.2 Å². The number of halogens is 4. The van der Waals surface area contributed by atoms with Gasteiger partial charge in [-0.15, -0.1) is 11.3 Å². The van der Waals surface area contributed by atoms with Gasteiger partial charge in [0.25, 0.3) is 0 Å². The van der Waals surface area contributed by atoms with Crippen molar-refractivity contribution in [2.75, 3.05) is 0 Å². The van der Waals surface area contributed by atoms with Crippen molar-refractivity contribution in [3.8, 4) is 0 Å². The van der Waals surface area contributed by atoms with Crippen molar-refractivity contribution in [2.24, 2.45) is 5.92 Å². The van der Waals surface area contributed by atoms with E-state index < -0.39 is 17.8 Å². The van der Waals surface area contributed by atoms with Gasteiger partial charge in [-0.3, -0.25) is 0 Å². The van der Waals surface area contributed by atoms with Crippen molar-refractivity contribution in [3.63, 3.8) is 0 Å².